The van der Waals surface area contributed by atoms with Gasteiger partial charge in [0.05, 0.1) is 13.7 Å². The highest BCUT2D eigenvalue weighted by Gasteiger charge is 2.23. The van der Waals surface area contributed by atoms with Crippen LogP contribution in [0.5, 0.6) is 11.5 Å². The molecule has 0 aliphatic carbocycles. The molecule has 0 fully saturated rings. The van der Waals surface area contributed by atoms with Gasteiger partial charge in [0.25, 0.3) is 5.91 Å². The molecular weight excluding hydrogens is 482 g/mol. The predicted molar refractivity (Wildman–Crippen MR) is 134 cm³/mol. The van der Waals surface area contributed by atoms with Crippen molar-refractivity contribution in [2.75, 3.05) is 19.0 Å². The SMILES string of the molecule is CCOC(=O)c1c(-c2ccc(OC)cc2)csc1NC(=O)c1ccc(OCc2nnnn2CC)cc1. The highest BCUT2D eigenvalue weighted by molar-refractivity contribution is 7.15. The maximum atomic E-state index is 13.0. The van der Waals surface area contributed by atoms with Crippen molar-refractivity contribution in [1.82, 2.24) is 20.2 Å². The van der Waals surface area contributed by atoms with E-state index >= 15 is 0 Å². The van der Waals surface area contributed by atoms with E-state index in [2.05, 4.69) is 20.8 Å². The second kappa shape index (κ2) is 11.5. The summed E-state index contributed by atoms with van der Waals surface area (Å²) in [6.45, 7) is 4.74. The molecule has 0 radical (unpaired) electrons. The Morgan fingerprint density at radius 3 is 2.42 bits per heavy atom. The molecule has 0 bridgehead atoms. The molecule has 0 saturated heterocycles. The minimum Gasteiger partial charge on any atom is -0.497 e. The van der Waals surface area contributed by atoms with E-state index in [1.807, 2.05) is 36.6 Å². The van der Waals surface area contributed by atoms with E-state index in [1.54, 1.807) is 43.0 Å². The van der Waals surface area contributed by atoms with Gasteiger partial charge in [0.2, 0.25) is 0 Å². The Hall–Kier alpha value is -4.25. The van der Waals surface area contributed by atoms with E-state index in [9.17, 15) is 9.59 Å². The number of aryl methyl sites for hydroxylation is 1. The Bertz CT molecular complexity index is 1330. The number of ether oxygens (including phenoxy) is 3. The van der Waals surface area contributed by atoms with Crippen molar-refractivity contribution >= 4 is 28.2 Å². The van der Waals surface area contributed by atoms with E-state index in [0.29, 0.717) is 45.6 Å². The third-order valence-corrected chi connectivity index (χ3v) is 6.18. The lowest BCUT2D eigenvalue weighted by molar-refractivity contribution is 0.0529. The smallest absolute Gasteiger partial charge is 0.341 e. The largest absolute Gasteiger partial charge is 0.497 e. The summed E-state index contributed by atoms with van der Waals surface area (Å²) in [5, 5.41) is 16.5. The van der Waals surface area contributed by atoms with Gasteiger partial charge in [-0.15, -0.1) is 16.4 Å². The van der Waals surface area contributed by atoms with E-state index < -0.39 is 5.97 Å². The summed E-state index contributed by atoms with van der Waals surface area (Å²) in [6.07, 6.45) is 0. The van der Waals surface area contributed by atoms with Gasteiger partial charge in [0, 0.05) is 23.1 Å². The van der Waals surface area contributed by atoms with Crippen molar-refractivity contribution in [2.24, 2.45) is 0 Å². The molecule has 11 heteroatoms. The third kappa shape index (κ3) is 5.52. The van der Waals surface area contributed by atoms with Crippen LogP contribution in [0.4, 0.5) is 5.00 Å². The summed E-state index contributed by atoms with van der Waals surface area (Å²) in [5.74, 6) is 1.03. The fourth-order valence-electron chi connectivity index (χ4n) is 3.44. The van der Waals surface area contributed by atoms with Crippen molar-refractivity contribution < 1.29 is 23.8 Å². The van der Waals surface area contributed by atoms with Crippen molar-refractivity contribution in [2.45, 2.75) is 27.0 Å². The number of benzene rings is 2. The molecule has 0 saturated carbocycles. The first-order valence-corrected chi connectivity index (χ1v) is 12.1. The standard InChI is InChI=1S/C25H25N5O5S/c1-4-30-21(27-28-29-30)14-35-19-12-8-17(9-13-19)23(31)26-24-22(25(32)34-5-2)20(15-36-24)16-6-10-18(33-3)11-7-16/h6-13,15H,4-5,14H2,1-3H3,(H,26,31). The van der Waals surface area contributed by atoms with Crippen LogP contribution in [0.2, 0.25) is 0 Å². The van der Waals surface area contributed by atoms with Crippen LogP contribution >= 0.6 is 11.3 Å². The van der Waals surface area contributed by atoms with Crippen LogP contribution in [0.15, 0.2) is 53.9 Å². The molecule has 0 aliphatic rings. The molecule has 2 aromatic carbocycles. The van der Waals surface area contributed by atoms with E-state index in [-0.39, 0.29) is 19.1 Å². The Morgan fingerprint density at radius 2 is 1.75 bits per heavy atom. The van der Waals surface area contributed by atoms with Gasteiger partial charge >= 0.3 is 5.97 Å². The number of carbonyl (C=O) groups is 2. The summed E-state index contributed by atoms with van der Waals surface area (Å²) >= 11 is 1.26. The van der Waals surface area contributed by atoms with Crippen molar-refractivity contribution in [3.63, 3.8) is 0 Å². The van der Waals surface area contributed by atoms with Crippen molar-refractivity contribution in [1.29, 1.82) is 0 Å². The minimum absolute atomic E-state index is 0.207. The van der Waals surface area contributed by atoms with Crippen molar-refractivity contribution in [3.8, 4) is 22.6 Å². The van der Waals surface area contributed by atoms with E-state index in [1.165, 1.54) is 11.3 Å². The van der Waals surface area contributed by atoms with Crippen LogP contribution in [0.1, 0.15) is 40.4 Å². The lowest BCUT2D eigenvalue weighted by Gasteiger charge is -2.10. The van der Waals surface area contributed by atoms with E-state index in [0.717, 1.165) is 5.56 Å². The Balaban J connectivity index is 1.50. The molecule has 2 aromatic heterocycles. The number of anilines is 1. The number of hydrogen-bond acceptors (Lipinski definition) is 9. The van der Waals surface area contributed by atoms with Gasteiger partial charge in [-0.3, -0.25) is 4.79 Å². The quantitative estimate of drug-likeness (QED) is 0.313. The Labute approximate surface area is 211 Å². The summed E-state index contributed by atoms with van der Waals surface area (Å²) in [5.41, 5.74) is 2.21. The molecule has 0 unspecified atom stereocenters. The molecular formula is C25H25N5O5S. The summed E-state index contributed by atoms with van der Waals surface area (Å²) in [6, 6.07) is 14.0. The van der Waals surface area contributed by atoms with Crippen LogP contribution in [0, 0.1) is 0 Å². The number of rotatable bonds is 10. The number of aromatic nitrogens is 4. The molecule has 0 atom stereocenters. The average molecular weight is 508 g/mol. The Morgan fingerprint density at radius 1 is 1.03 bits per heavy atom. The molecule has 1 amide bonds. The highest BCUT2D eigenvalue weighted by Crippen LogP contribution is 2.37. The zero-order chi connectivity index (χ0) is 25.5. The first-order chi connectivity index (χ1) is 17.5. The third-order valence-electron chi connectivity index (χ3n) is 5.29. The summed E-state index contributed by atoms with van der Waals surface area (Å²) in [4.78, 5) is 25.8. The van der Waals surface area contributed by atoms with Gasteiger partial charge in [-0.05, 0) is 66.2 Å². The molecule has 1 N–H and O–H groups in total. The van der Waals surface area contributed by atoms with Gasteiger partial charge in [-0.25, -0.2) is 9.48 Å². The fraction of sp³-hybridized carbons (Fsp3) is 0.240. The van der Waals surface area contributed by atoms with Crippen LogP contribution in [0.25, 0.3) is 11.1 Å². The second-order valence-corrected chi connectivity index (χ2v) is 8.36. The lowest BCUT2D eigenvalue weighted by Crippen LogP contribution is -2.14. The second-order valence-electron chi connectivity index (χ2n) is 7.48. The number of nitrogens with zero attached hydrogens (tertiary/aromatic N) is 4. The molecule has 4 rings (SSSR count). The van der Waals surface area contributed by atoms with Crippen LogP contribution in [-0.4, -0.2) is 45.8 Å². The predicted octanol–water partition coefficient (Wildman–Crippen LogP) is 4.44. The van der Waals surface area contributed by atoms with Gasteiger partial charge in [0.15, 0.2) is 5.82 Å². The highest BCUT2D eigenvalue weighted by atomic mass is 32.1. The van der Waals surface area contributed by atoms with Crippen LogP contribution in [0.3, 0.4) is 0 Å². The monoisotopic (exact) mass is 507 g/mol. The van der Waals surface area contributed by atoms with Gasteiger partial charge in [-0.2, -0.15) is 0 Å². The molecule has 36 heavy (non-hydrogen) atoms. The number of esters is 1. The maximum absolute atomic E-state index is 13.0. The number of amides is 1. The number of hydrogen-bond donors (Lipinski definition) is 1. The average Bonchev–Trinajstić information content (AvgIpc) is 3.54. The summed E-state index contributed by atoms with van der Waals surface area (Å²) in [7, 11) is 1.59. The van der Waals surface area contributed by atoms with Gasteiger partial charge in [0.1, 0.15) is 28.7 Å². The van der Waals surface area contributed by atoms with Gasteiger partial charge < -0.3 is 19.5 Å². The fourth-order valence-corrected chi connectivity index (χ4v) is 4.39. The number of thiophene rings is 1. The maximum Gasteiger partial charge on any atom is 0.341 e. The molecule has 10 nitrogen and oxygen atoms in total. The van der Waals surface area contributed by atoms with Crippen molar-refractivity contribution in [3.05, 3.63) is 70.9 Å². The lowest BCUT2D eigenvalue weighted by atomic mass is 10.0. The molecule has 0 aliphatic heterocycles. The molecule has 0 spiro atoms. The summed E-state index contributed by atoms with van der Waals surface area (Å²) < 4.78 is 17.9. The first-order valence-electron chi connectivity index (χ1n) is 11.3. The zero-order valence-corrected chi connectivity index (χ0v) is 20.9. The zero-order valence-electron chi connectivity index (χ0n) is 20.1. The van der Waals surface area contributed by atoms with Gasteiger partial charge in [-0.1, -0.05) is 12.1 Å². The molecule has 4 aromatic rings. The number of nitrogens with one attached hydrogen (secondary N) is 1. The number of methoxy groups -OCH3 is 1. The first kappa shape index (κ1) is 24.9. The Kier molecular flexibility index (Phi) is 7.91. The van der Waals surface area contributed by atoms with Crippen LogP contribution in [-0.2, 0) is 17.9 Å². The molecule has 186 valence electrons. The minimum atomic E-state index is -0.502. The number of carbonyl (C=O) groups excluding carboxylic acids is 2. The van der Waals surface area contributed by atoms with E-state index in [4.69, 9.17) is 14.2 Å². The molecule has 2 heterocycles. The van der Waals surface area contributed by atoms with Crippen LogP contribution < -0.4 is 14.8 Å². The number of tetrazole rings is 1. The normalized spacial score (nSPS) is 10.6. The topological polar surface area (TPSA) is 117 Å².